The van der Waals surface area contributed by atoms with Crippen LogP contribution < -0.4 is 0 Å². The Hall–Kier alpha value is 0.660. The minimum atomic E-state index is 0.153. The highest BCUT2D eigenvalue weighted by Crippen LogP contribution is 2.33. The Bertz CT molecular complexity index is 279. The normalized spacial score (nSPS) is 11.7. The molecular formula is C10H11Br3. The van der Waals surface area contributed by atoms with Gasteiger partial charge in [-0.15, -0.1) is 0 Å². The van der Waals surface area contributed by atoms with Gasteiger partial charge in [0.1, 0.15) is 0 Å². The first-order chi connectivity index (χ1) is 6.14. The predicted molar refractivity (Wildman–Crippen MR) is 69.1 cm³/mol. The van der Waals surface area contributed by atoms with E-state index < -0.39 is 0 Å². The fourth-order valence-electron chi connectivity index (χ4n) is 1.13. The number of halogens is 3. The molecule has 13 heavy (non-hydrogen) atoms. The van der Waals surface area contributed by atoms with E-state index in [1.165, 1.54) is 10.0 Å². The van der Waals surface area contributed by atoms with Gasteiger partial charge >= 0.3 is 0 Å². The van der Waals surface area contributed by atoms with E-state index in [1.54, 1.807) is 0 Å². The lowest BCUT2D eigenvalue weighted by atomic mass is 9.87. The molecule has 0 saturated carbocycles. The SMILES string of the molecule is CC(CBr)(CBr)c1ccccc1Br. The van der Waals surface area contributed by atoms with Gasteiger partial charge in [0.25, 0.3) is 0 Å². The molecule has 0 fully saturated rings. The Morgan fingerprint density at radius 1 is 1.15 bits per heavy atom. The van der Waals surface area contributed by atoms with Crippen LogP contribution in [-0.2, 0) is 5.41 Å². The average molecular weight is 371 g/mol. The van der Waals surface area contributed by atoms with Crippen LogP contribution in [0.1, 0.15) is 12.5 Å². The second-order valence-electron chi connectivity index (χ2n) is 3.31. The molecule has 0 radical (unpaired) electrons. The molecule has 72 valence electrons. The van der Waals surface area contributed by atoms with Crippen LogP contribution in [0.2, 0.25) is 0 Å². The highest BCUT2D eigenvalue weighted by molar-refractivity contribution is 9.10. The minimum absolute atomic E-state index is 0.153. The van der Waals surface area contributed by atoms with E-state index in [4.69, 9.17) is 0 Å². The van der Waals surface area contributed by atoms with Crippen molar-refractivity contribution in [3.8, 4) is 0 Å². The maximum absolute atomic E-state index is 3.57. The molecule has 0 aromatic heterocycles. The first-order valence-corrected chi connectivity index (χ1v) is 7.04. The van der Waals surface area contributed by atoms with Gasteiger partial charge in [-0.05, 0) is 11.6 Å². The van der Waals surface area contributed by atoms with E-state index in [9.17, 15) is 0 Å². The van der Waals surface area contributed by atoms with Crippen molar-refractivity contribution in [3.05, 3.63) is 34.3 Å². The lowest BCUT2D eigenvalue weighted by Crippen LogP contribution is -2.26. The third kappa shape index (κ3) is 2.57. The van der Waals surface area contributed by atoms with Gasteiger partial charge < -0.3 is 0 Å². The summed E-state index contributed by atoms with van der Waals surface area (Å²) in [5.41, 5.74) is 1.49. The van der Waals surface area contributed by atoms with Crippen LogP contribution in [0.3, 0.4) is 0 Å². The van der Waals surface area contributed by atoms with E-state index in [0.717, 1.165) is 10.7 Å². The Balaban J connectivity index is 3.12. The van der Waals surface area contributed by atoms with Crippen LogP contribution in [0.4, 0.5) is 0 Å². The lowest BCUT2D eigenvalue weighted by molar-refractivity contribution is 0.620. The van der Waals surface area contributed by atoms with E-state index in [0.29, 0.717) is 0 Å². The highest BCUT2D eigenvalue weighted by Gasteiger charge is 2.25. The number of rotatable bonds is 3. The molecule has 0 bridgehead atoms. The molecule has 1 aromatic carbocycles. The first-order valence-electron chi connectivity index (χ1n) is 4.01. The largest absolute Gasteiger partial charge is 0.0918 e. The smallest absolute Gasteiger partial charge is 0.0213 e. The maximum Gasteiger partial charge on any atom is 0.0213 e. The molecule has 0 atom stereocenters. The molecule has 1 aromatic rings. The van der Waals surface area contributed by atoms with Crippen LogP contribution in [0.15, 0.2) is 28.7 Å². The minimum Gasteiger partial charge on any atom is -0.0918 e. The van der Waals surface area contributed by atoms with Crippen LogP contribution in [-0.4, -0.2) is 10.7 Å². The second-order valence-corrected chi connectivity index (χ2v) is 5.28. The summed E-state index contributed by atoms with van der Waals surface area (Å²) in [6, 6.07) is 8.35. The van der Waals surface area contributed by atoms with E-state index in [-0.39, 0.29) is 5.41 Å². The van der Waals surface area contributed by atoms with Crippen molar-refractivity contribution in [2.24, 2.45) is 0 Å². The summed E-state index contributed by atoms with van der Waals surface area (Å²) in [5, 5.41) is 1.90. The van der Waals surface area contributed by atoms with Crippen molar-refractivity contribution in [2.45, 2.75) is 12.3 Å². The third-order valence-corrected chi connectivity index (χ3v) is 5.28. The van der Waals surface area contributed by atoms with E-state index in [1.807, 2.05) is 6.07 Å². The van der Waals surface area contributed by atoms with Gasteiger partial charge in [-0.25, -0.2) is 0 Å². The van der Waals surface area contributed by atoms with Crippen molar-refractivity contribution in [2.75, 3.05) is 10.7 Å². The van der Waals surface area contributed by atoms with Crippen molar-refractivity contribution in [1.29, 1.82) is 0 Å². The van der Waals surface area contributed by atoms with Crippen LogP contribution >= 0.6 is 47.8 Å². The summed E-state index contributed by atoms with van der Waals surface area (Å²) in [4.78, 5) is 0. The zero-order chi connectivity index (χ0) is 9.90. The lowest BCUT2D eigenvalue weighted by Gasteiger charge is -2.26. The Labute approximate surface area is 104 Å². The summed E-state index contributed by atoms with van der Waals surface area (Å²) >= 11 is 10.7. The predicted octanol–water partition coefficient (Wildman–Crippen LogP) is 4.50. The summed E-state index contributed by atoms with van der Waals surface area (Å²) < 4.78 is 1.18. The zero-order valence-corrected chi connectivity index (χ0v) is 12.1. The molecule has 0 aliphatic rings. The molecule has 0 saturated heterocycles. The monoisotopic (exact) mass is 368 g/mol. The quantitative estimate of drug-likeness (QED) is 0.687. The zero-order valence-electron chi connectivity index (χ0n) is 7.36. The van der Waals surface area contributed by atoms with Gasteiger partial charge in [0.05, 0.1) is 0 Å². The summed E-state index contributed by atoms with van der Waals surface area (Å²) in [6.07, 6.45) is 0. The van der Waals surface area contributed by atoms with Crippen molar-refractivity contribution >= 4 is 47.8 Å². The van der Waals surface area contributed by atoms with Crippen LogP contribution in [0.25, 0.3) is 0 Å². The van der Waals surface area contributed by atoms with Gasteiger partial charge in [-0.2, -0.15) is 0 Å². The number of hydrogen-bond donors (Lipinski definition) is 0. The molecule has 1 rings (SSSR count). The van der Waals surface area contributed by atoms with Gasteiger partial charge in [-0.1, -0.05) is 72.9 Å². The second kappa shape index (κ2) is 4.94. The Morgan fingerprint density at radius 3 is 2.15 bits per heavy atom. The number of alkyl halides is 2. The van der Waals surface area contributed by atoms with Gasteiger partial charge in [0.2, 0.25) is 0 Å². The number of hydrogen-bond acceptors (Lipinski definition) is 0. The summed E-state index contributed by atoms with van der Waals surface area (Å²) in [7, 11) is 0. The number of benzene rings is 1. The fourth-order valence-corrected chi connectivity index (χ4v) is 3.43. The molecule has 0 aliphatic heterocycles. The van der Waals surface area contributed by atoms with Crippen molar-refractivity contribution in [1.82, 2.24) is 0 Å². The Morgan fingerprint density at radius 2 is 1.69 bits per heavy atom. The van der Waals surface area contributed by atoms with Gasteiger partial charge in [0, 0.05) is 20.5 Å². The molecule has 0 aliphatic carbocycles. The first kappa shape index (κ1) is 11.7. The van der Waals surface area contributed by atoms with Crippen LogP contribution in [0.5, 0.6) is 0 Å². The molecular weight excluding hydrogens is 360 g/mol. The molecule has 0 amide bonds. The highest BCUT2D eigenvalue weighted by atomic mass is 79.9. The fraction of sp³-hybridized carbons (Fsp3) is 0.400. The Kier molecular flexibility index (Phi) is 4.46. The molecule has 0 nitrogen and oxygen atoms in total. The van der Waals surface area contributed by atoms with Crippen molar-refractivity contribution < 1.29 is 0 Å². The van der Waals surface area contributed by atoms with Gasteiger partial charge in [-0.3, -0.25) is 0 Å². The topological polar surface area (TPSA) is 0 Å². The third-order valence-electron chi connectivity index (χ3n) is 2.11. The molecule has 0 heterocycles. The van der Waals surface area contributed by atoms with Gasteiger partial charge in [0.15, 0.2) is 0 Å². The van der Waals surface area contributed by atoms with E-state index >= 15 is 0 Å². The summed E-state index contributed by atoms with van der Waals surface area (Å²) in [6.45, 7) is 2.23. The van der Waals surface area contributed by atoms with E-state index in [2.05, 4.69) is 72.9 Å². The molecule has 0 spiro atoms. The molecule has 3 heteroatoms. The summed E-state index contributed by atoms with van der Waals surface area (Å²) in [5.74, 6) is 0. The average Bonchev–Trinajstić information content (AvgIpc) is 2.17. The van der Waals surface area contributed by atoms with Crippen molar-refractivity contribution in [3.63, 3.8) is 0 Å². The molecule has 0 N–H and O–H groups in total. The molecule has 0 unspecified atom stereocenters. The maximum atomic E-state index is 3.57. The van der Waals surface area contributed by atoms with Crippen LogP contribution in [0, 0.1) is 0 Å². The standard InChI is InChI=1S/C10H11Br3/c1-10(6-11,7-12)8-4-2-3-5-9(8)13/h2-5H,6-7H2,1H3.